The molecule has 8 nitrogen and oxygen atoms in total. The summed E-state index contributed by atoms with van der Waals surface area (Å²) in [7, 11) is -4.94. The van der Waals surface area contributed by atoms with E-state index in [2.05, 4.69) is 29.4 Å². The van der Waals surface area contributed by atoms with E-state index >= 15 is 0 Å². The summed E-state index contributed by atoms with van der Waals surface area (Å²) in [6, 6.07) is 22.3. The normalized spacial score (nSPS) is 10.8. The van der Waals surface area contributed by atoms with Crippen LogP contribution < -0.4 is 34.8 Å². The molecule has 142 valence electrons. The largest absolute Gasteiger partial charge is 0.395 e. The standard InChI is InChI=1S/C18H18N4.ClHO4/c19-17-13-16(12-11-14-7-3-1-4-8-14)22(21-18(17)20)15-9-5-2-6-10-15;2-1(3,4)5/h1-10,13,19H,11-12H2,(H2,20,21);(H,2,3,4,5). The Balaban J connectivity index is 0.000000465. The molecule has 0 saturated carbocycles. The number of hydrogen-bond acceptors (Lipinski definition) is 7. The second kappa shape index (κ2) is 9.26. The smallest absolute Gasteiger partial charge is 0.238 e. The van der Waals surface area contributed by atoms with Crippen molar-refractivity contribution in [2.24, 2.45) is 0 Å². The molecule has 1 heterocycles. The molecule has 0 amide bonds. The van der Waals surface area contributed by atoms with Gasteiger partial charge in [-0.25, -0.2) is 18.6 Å². The van der Waals surface area contributed by atoms with E-state index in [4.69, 9.17) is 30.1 Å². The molecule has 4 N–H and O–H groups in total. The summed E-state index contributed by atoms with van der Waals surface area (Å²) in [5.41, 5.74) is 15.7. The fraction of sp³-hybridized carbons (Fsp3) is 0.111. The minimum absolute atomic E-state index is 0.354. The van der Waals surface area contributed by atoms with Gasteiger partial charge in [0.25, 0.3) is 0 Å². The minimum Gasteiger partial charge on any atom is -0.395 e. The molecular formula is C18H19ClN4O4. The summed E-state index contributed by atoms with van der Waals surface area (Å²) in [5.74, 6) is 0.354. The lowest BCUT2D eigenvalue weighted by molar-refractivity contribution is -2.00. The van der Waals surface area contributed by atoms with Gasteiger partial charge in [0.05, 0.1) is 5.69 Å². The molecule has 1 aromatic heterocycles. The number of hydrogen-bond donors (Lipinski definition) is 2. The quantitative estimate of drug-likeness (QED) is 0.467. The molecule has 2 aromatic carbocycles. The molecule has 0 spiro atoms. The first-order valence-corrected chi connectivity index (χ1v) is 9.16. The molecule has 3 rings (SSSR count). The van der Waals surface area contributed by atoms with Gasteiger partial charge in [-0.05, 0) is 16.7 Å². The number of benzene rings is 2. The van der Waals surface area contributed by atoms with E-state index < -0.39 is 10.2 Å². The predicted molar refractivity (Wildman–Crippen MR) is 88.4 cm³/mol. The van der Waals surface area contributed by atoms with Crippen LogP contribution in [0.4, 0.5) is 11.5 Å². The number of aromatic nitrogens is 2. The highest BCUT2D eigenvalue weighted by Gasteiger charge is 2.18. The number of nitrogen functional groups attached to an aromatic ring is 2. The zero-order valence-corrected chi connectivity index (χ0v) is 15.1. The Kier molecular flexibility index (Phi) is 7.05. The van der Waals surface area contributed by atoms with Gasteiger partial charge in [0.2, 0.25) is 17.2 Å². The molecule has 9 heteroatoms. The zero-order valence-electron chi connectivity index (χ0n) is 14.3. The second-order valence-electron chi connectivity index (χ2n) is 5.59. The van der Waals surface area contributed by atoms with Gasteiger partial charge in [-0.3, -0.25) is 0 Å². The van der Waals surface area contributed by atoms with Crippen molar-refractivity contribution in [1.29, 1.82) is 0 Å². The van der Waals surface area contributed by atoms with Crippen molar-refractivity contribution in [3.8, 4) is 5.69 Å². The van der Waals surface area contributed by atoms with Gasteiger partial charge in [0, 0.05) is 29.7 Å². The van der Waals surface area contributed by atoms with Crippen molar-refractivity contribution in [2.45, 2.75) is 12.8 Å². The van der Waals surface area contributed by atoms with Gasteiger partial charge < -0.3 is 11.5 Å². The monoisotopic (exact) mass is 390 g/mol. The van der Waals surface area contributed by atoms with Crippen LogP contribution in [0.5, 0.6) is 0 Å². The first kappa shape index (κ1) is 20.6. The van der Waals surface area contributed by atoms with E-state index in [1.807, 2.05) is 47.1 Å². The Labute approximate surface area is 158 Å². The Morgan fingerprint density at radius 3 is 1.89 bits per heavy atom. The second-order valence-corrected chi connectivity index (χ2v) is 6.34. The summed E-state index contributed by atoms with van der Waals surface area (Å²) in [6.07, 6.45) is 1.77. The highest BCUT2D eigenvalue weighted by atomic mass is 35.7. The van der Waals surface area contributed by atoms with Gasteiger partial charge in [-0.15, -0.1) is 10.2 Å². The molecule has 0 aliphatic rings. The fourth-order valence-corrected chi connectivity index (χ4v) is 2.43. The molecule has 0 radical (unpaired) electrons. The molecule has 0 fully saturated rings. The lowest BCUT2D eigenvalue weighted by Crippen LogP contribution is -2.68. The van der Waals surface area contributed by atoms with Gasteiger partial charge in [-0.1, -0.05) is 48.5 Å². The van der Waals surface area contributed by atoms with E-state index in [0.717, 1.165) is 24.2 Å². The Hall–Kier alpha value is -2.75. The fourth-order valence-electron chi connectivity index (χ4n) is 2.43. The van der Waals surface area contributed by atoms with Gasteiger partial charge in [0.15, 0.2) is 0 Å². The summed E-state index contributed by atoms with van der Waals surface area (Å²) in [6.45, 7) is 0. The highest BCUT2D eigenvalue weighted by Crippen LogP contribution is 2.13. The van der Waals surface area contributed by atoms with Crippen LogP contribution in [0.15, 0.2) is 66.7 Å². The van der Waals surface area contributed by atoms with Crippen LogP contribution >= 0.6 is 0 Å². The molecule has 0 bridgehead atoms. The van der Waals surface area contributed by atoms with Crippen LogP contribution in [-0.4, -0.2) is 5.10 Å². The van der Waals surface area contributed by atoms with Crippen LogP contribution in [0.2, 0.25) is 0 Å². The highest BCUT2D eigenvalue weighted by molar-refractivity contribution is 5.56. The summed E-state index contributed by atoms with van der Waals surface area (Å²) >= 11 is 0. The number of halogens is 1. The third-order valence-corrected chi connectivity index (χ3v) is 3.61. The van der Waals surface area contributed by atoms with Crippen molar-refractivity contribution in [2.75, 3.05) is 11.5 Å². The van der Waals surface area contributed by atoms with E-state index in [0.29, 0.717) is 11.5 Å². The maximum absolute atomic E-state index is 8.49. The van der Waals surface area contributed by atoms with Crippen LogP contribution in [0.3, 0.4) is 0 Å². The zero-order chi connectivity index (χ0) is 19.9. The van der Waals surface area contributed by atoms with E-state index in [9.17, 15) is 0 Å². The van der Waals surface area contributed by atoms with Crippen molar-refractivity contribution in [1.82, 2.24) is 5.10 Å². The lowest BCUT2D eigenvalue weighted by Gasteiger charge is -2.17. The van der Waals surface area contributed by atoms with Crippen molar-refractivity contribution >= 4 is 11.5 Å². The average Bonchev–Trinajstić information content (AvgIpc) is 2.62. The van der Waals surface area contributed by atoms with Crippen LogP contribution in [0, 0.1) is 10.2 Å². The Morgan fingerprint density at radius 1 is 0.815 bits per heavy atom. The number of para-hydroxylation sites is 1. The number of rotatable bonds is 4. The molecule has 0 saturated heterocycles. The van der Waals surface area contributed by atoms with Gasteiger partial charge in [-0.2, -0.15) is 0 Å². The number of anilines is 2. The predicted octanol–water partition coefficient (Wildman–Crippen LogP) is -2.45. The number of nitrogens with zero attached hydrogens (tertiary/aromatic N) is 2. The molecule has 0 aliphatic heterocycles. The van der Waals surface area contributed by atoms with Crippen LogP contribution in [0.1, 0.15) is 11.3 Å². The Bertz CT molecular complexity index is 852. The first-order chi connectivity index (χ1) is 12.7. The molecule has 0 atom stereocenters. The third kappa shape index (κ3) is 7.18. The summed E-state index contributed by atoms with van der Waals surface area (Å²) in [4.78, 5) is 0. The lowest BCUT2D eigenvalue weighted by atomic mass is 10.1. The molecule has 27 heavy (non-hydrogen) atoms. The molecule has 3 aromatic rings. The maximum Gasteiger partial charge on any atom is 0.238 e. The molecular weight excluding hydrogens is 372 g/mol. The summed E-state index contributed by atoms with van der Waals surface area (Å²) < 4.78 is 35.8. The topological polar surface area (TPSA) is 161 Å². The SMILES string of the molecule is Nc1cc(CCc2ccccc2)[n+](-c2ccccc2)nc1N.[O-][Cl+3]([O-])([O-])[O-]. The average molecular weight is 391 g/mol. The van der Waals surface area contributed by atoms with Crippen LogP contribution in [-0.2, 0) is 12.8 Å². The first-order valence-electron chi connectivity index (χ1n) is 7.92. The van der Waals surface area contributed by atoms with E-state index in [-0.39, 0.29) is 0 Å². The van der Waals surface area contributed by atoms with E-state index in [1.54, 1.807) is 0 Å². The number of aryl methyl sites for hydroxylation is 2. The van der Waals surface area contributed by atoms with Crippen LogP contribution in [0.25, 0.3) is 5.69 Å². The molecule has 0 aliphatic carbocycles. The van der Waals surface area contributed by atoms with E-state index in [1.165, 1.54) is 5.56 Å². The van der Waals surface area contributed by atoms with Crippen molar-refractivity contribution in [3.05, 3.63) is 78.0 Å². The number of nitrogens with two attached hydrogens (primary N) is 2. The van der Waals surface area contributed by atoms with Crippen molar-refractivity contribution in [3.63, 3.8) is 0 Å². The summed E-state index contributed by atoms with van der Waals surface area (Å²) in [5, 5.41) is 4.42. The van der Waals surface area contributed by atoms with Gasteiger partial charge in [0.1, 0.15) is 0 Å². The minimum atomic E-state index is -4.94. The maximum atomic E-state index is 8.49. The Morgan fingerprint density at radius 2 is 1.33 bits per heavy atom. The molecule has 0 unspecified atom stereocenters. The van der Waals surface area contributed by atoms with Crippen molar-refractivity contribution < 1.29 is 33.6 Å². The van der Waals surface area contributed by atoms with Gasteiger partial charge >= 0.3 is 0 Å². The third-order valence-electron chi connectivity index (χ3n) is 3.61.